The van der Waals surface area contributed by atoms with E-state index in [1.165, 1.54) is 44.9 Å². The lowest BCUT2D eigenvalue weighted by Crippen LogP contribution is -2.37. The Hall–Kier alpha value is -0.460. The fraction of sp³-hybridized carbons (Fsp3) is 0.950. The molecule has 0 radical (unpaired) electrons. The number of unbranched alkanes of at least 4 members (excludes halogenated alkanes) is 8. The fourth-order valence-corrected chi connectivity index (χ4v) is 3.29. The van der Waals surface area contributed by atoms with Gasteiger partial charge in [0.15, 0.2) is 0 Å². The molecule has 1 atom stereocenters. The van der Waals surface area contributed by atoms with E-state index in [1.54, 1.807) is 0 Å². The first-order valence-corrected chi connectivity index (χ1v) is 12.2. The van der Waals surface area contributed by atoms with Crippen LogP contribution in [0.4, 0.5) is 0 Å². The first-order valence-electron chi connectivity index (χ1n) is 10.7. The molecule has 0 saturated heterocycles. The van der Waals surface area contributed by atoms with Crippen LogP contribution >= 0.6 is 7.82 Å². The van der Waals surface area contributed by atoms with Crippen molar-refractivity contribution in [1.82, 2.24) is 0 Å². The molecule has 168 valence electrons. The predicted molar refractivity (Wildman–Crippen MR) is 112 cm³/mol. The van der Waals surface area contributed by atoms with Gasteiger partial charge in [-0.2, -0.15) is 0 Å². The van der Waals surface area contributed by atoms with Gasteiger partial charge in [0.05, 0.1) is 34.4 Å². The Labute approximate surface area is 171 Å². The van der Waals surface area contributed by atoms with Crippen molar-refractivity contribution >= 4 is 13.8 Å². The van der Waals surface area contributed by atoms with E-state index in [0.29, 0.717) is 23.9 Å². The number of phosphoric ester groups is 1. The van der Waals surface area contributed by atoms with E-state index < -0.39 is 7.82 Å². The zero-order chi connectivity index (χ0) is 21.3. The lowest BCUT2D eigenvalue weighted by molar-refractivity contribution is -0.870. The molecule has 0 aliphatic rings. The second-order valence-corrected chi connectivity index (χ2v) is 9.75. The quantitative estimate of drug-likeness (QED) is 0.140. The van der Waals surface area contributed by atoms with E-state index in [9.17, 15) is 14.3 Å². The number of ether oxygens (including phenoxy) is 1. The van der Waals surface area contributed by atoms with Crippen molar-refractivity contribution in [1.29, 1.82) is 0 Å². The molecule has 28 heavy (non-hydrogen) atoms. The second-order valence-electron chi connectivity index (χ2n) is 8.30. The smallest absolute Gasteiger partial charge is 0.466 e. The van der Waals surface area contributed by atoms with Crippen molar-refractivity contribution < 1.29 is 32.5 Å². The molecule has 0 aliphatic heterocycles. The van der Waals surface area contributed by atoms with Crippen LogP contribution in [-0.2, 0) is 23.1 Å². The molecule has 0 fully saturated rings. The standard InChI is InChI=1S/C20H42NO6P/c1-5-6-7-8-9-10-11-12-13-15-20(22)25-17-14-18-26-28(23,24)27-19-16-21(2,3)4/h5-19H2,1-4H3/p+1. The van der Waals surface area contributed by atoms with Crippen molar-refractivity contribution in [3.05, 3.63) is 0 Å². The van der Waals surface area contributed by atoms with E-state index in [0.717, 1.165) is 12.8 Å². The first-order chi connectivity index (χ1) is 13.2. The van der Waals surface area contributed by atoms with Crippen LogP contribution in [0.3, 0.4) is 0 Å². The monoisotopic (exact) mass is 424 g/mol. The fourth-order valence-electron chi connectivity index (χ4n) is 2.54. The largest absolute Gasteiger partial charge is 0.472 e. The van der Waals surface area contributed by atoms with Gasteiger partial charge in [-0.1, -0.05) is 58.3 Å². The zero-order valence-corrected chi connectivity index (χ0v) is 19.4. The molecule has 0 rings (SSSR count). The van der Waals surface area contributed by atoms with E-state index in [-0.39, 0.29) is 25.8 Å². The molecule has 0 saturated carbocycles. The number of carbonyl (C=O) groups excluding carboxylic acids is 1. The highest BCUT2D eigenvalue weighted by Crippen LogP contribution is 2.43. The Morgan fingerprint density at radius 3 is 1.93 bits per heavy atom. The number of likely N-dealkylation sites (N-methyl/N-ethyl adjacent to an activating group) is 1. The molecule has 8 heteroatoms. The van der Waals surface area contributed by atoms with Gasteiger partial charge < -0.3 is 14.1 Å². The Morgan fingerprint density at radius 2 is 1.36 bits per heavy atom. The maximum atomic E-state index is 11.7. The van der Waals surface area contributed by atoms with Gasteiger partial charge in [-0.15, -0.1) is 0 Å². The maximum absolute atomic E-state index is 11.7. The summed E-state index contributed by atoms with van der Waals surface area (Å²) in [6.45, 7) is 3.17. The van der Waals surface area contributed by atoms with Gasteiger partial charge in [-0.3, -0.25) is 13.8 Å². The molecule has 0 bridgehead atoms. The number of carbonyl (C=O) groups is 1. The number of hydrogen-bond acceptors (Lipinski definition) is 5. The summed E-state index contributed by atoms with van der Waals surface area (Å²) in [7, 11) is 1.87. The molecule has 0 spiro atoms. The third kappa shape index (κ3) is 20.3. The zero-order valence-electron chi connectivity index (χ0n) is 18.5. The van der Waals surface area contributed by atoms with Crippen LogP contribution in [0, 0.1) is 0 Å². The van der Waals surface area contributed by atoms with Gasteiger partial charge in [-0.25, -0.2) is 4.57 Å². The van der Waals surface area contributed by atoms with Crippen molar-refractivity contribution in [3.8, 4) is 0 Å². The summed E-state index contributed by atoms with van der Waals surface area (Å²) in [6.07, 6.45) is 11.7. The molecular weight excluding hydrogens is 381 g/mol. The highest BCUT2D eigenvalue weighted by molar-refractivity contribution is 7.47. The third-order valence-corrected chi connectivity index (χ3v) is 5.32. The maximum Gasteiger partial charge on any atom is 0.472 e. The second kappa shape index (κ2) is 16.3. The van der Waals surface area contributed by atoms with Crippen molar-refractivity contribution in [3.63, 3.8) is 0 Å². The van der Waals surface area contributed by atoms with Crippen molar-refractivity contribution in [2.24, 2.45) is 0 Å². The molecule has 7 nitrogen and oxygen atoms in total. The third-order valence-electron chi connectivity index (χ3n) is 4.31. The van der Waals surface area contributed by atoms with Crippen LogP contribution in [-0.4, -0.2) is 62.9 Å². The average Bonchev–Trinajstić information content (AvgIpc) is 2.58. The van der Waals surface area contributed by atoms with Crippen LogP contribution < -0.4 is 0 Å². The minimum atomic E-state index is -4.03. The lowest BCUT2D eigenvalue weighted by Gasteiger charge is -2.24. The minimum Gasteiger partial charge on any atom is -0.466 e. The highest BCUT2D eigenvalue weighted by atomic mass is 31.2. The van der Waals surface area contributed by atoms with Gasteiger partial charge in [0, 0.05) is 12.8 Å². The summed E-state index contributed by atoms with van der Waals surface area (Å²) < 4.78 is 27.2. The number of hydrogen-bond donors (Lipinski definition) is 1. The molecule has 0 amide bonds. The summed E-state index contributed by atoms with van der Waals surface area (Å²) in [5, 5.41) is 0. The molecular formula is C20H43NO6P+. The summed E-state index contributed by atoms with van der Waals surface area (Å²) in [4.78, 5) is 21.2. The topological polar surface area (TPSA) is 82.1 Å². The SMILES string of the molecule is CCCCCCCCCCCC(=O)OCCCOP(=O)(O)OCC[N+](C)(C)C. The number of nitrogens with zero attached hydrogens (tertiary/aromatic N) is 1. The van der Waals surface area contributed by atoms with Gasteiger partial charge in [-0.05, 0) is 6.42 Å². The Bertz CT molecular complexity index is 439. The Kier molecular flexibility index (Phi) is 16.1. The normalized spacial score (nSPS) is 14.0. The van der Waals surface area contributed by atoms with Crippen LogP contribution in [0.5, 0.6) is 0 Å². The summed E-state index contributed by atoms with van der Waals surface area (Å²) in [5.41, 5.74) is 0. The molecule has 0 aliphatic carbocycles. The van der Waals surface area contributed by atoms with E-state index in [2.05, 4.69) is 6.92 Å². The number of phosphoric acid groups is 1. The van der Waals surface area contributed by atoms with Gasteiger partial charge in [0.25, 0.3) is 0 Å². The molecule has 1 unspecified atom stereocenters. The van der Waals surface area contributed by atoms with E-state index in [4.69, 9.17) is 13.8 Å². The molecule has 1 N–H and O–H groups in total. The predicted octanol–water partition coefficient (Wildman–Crippen LogP) is 4.68. The van der Waals surface area contributed by atoms with E-state index >= 15 is 0 Å². The Morgan fingerprint density at radius 1 is 0.821 bits per heavy atom. The van der Waals surface area contributed by atoms with Crippen molar-refractivity contribution in [2.45, 2.75) is 77.6 Å². The summed E-state index contributed by atoms with van der Waals surface area (Å²) in [6, 6.07) is 0. The molecule has 0 aromatic carbocycles. The van der Waals surface area contributed by atoms with Crippen LogP contribution in [0.15, 0.2) is 0 Å². The van der Waals surface area contributed by atoms with Gasteiger partial charge in [0.2, 0.25) is 0 Å². The lowest BCUT2D eigenvalue weighted by atomic mass is 10.1. The van der Waals surface area contributed by atoms with E-state index in [1.807, 2.05) is 21.1 Å². The van der Waals surface area contributed by atoms with Gasteiger partial charge in [0.1, 0.15) is 13.2 Å². The van der Waals surface area contributed by atoms with Crippen LogP contribution in [0.25, 0.3) is 0 Å². The molecule has 0 aromatic heterocycles. The average molecular weight is 425 g/mol. The van der Waals surface area contributed by atoms with Crippen molar-refractivity contribution in [2.75, 3.05) is 47.5 Å². The minimum absolute atomic E-state index is 0.0173. The molecule has 0 heterocycles. The van der Waals surface area contributed by atoms with Crippen LogP contribution in [0.2, 0.25) is 0 Å². The highest BCUT2D eigenvalue weighted by Gasteiger charge is 2.22. The molecule has 0 aromatic rings. The number of esters is 1. The Balaban J connectivity index is 3.50. The van der Waals surface area contributed by atoms with Gasteiger partial charge >= 0.3 is 13.8 Å². The summed E-state index contributed by atoms with van der Waals surface area (Å²) >= 11 is 0. The van der Waals surface area contributed by atoms with Crippen LogP contribution in [0.1, 0.15) is 77.6 Å². The summed E-state index contributed by atoms with van der Waals surface area (Å²) in [5.74, 6) is -0.214. The number of rotatable bonds is 19. The first kappa shape index (κ1) is 27.5. The number of quaternary nitrogens is 1.